The number of carbonyl (C=O) groups excluding carboxylic acids is 1. The molecule has 2 N–H and O–H groups in total. The number of amides is 2. The zero-order valence-electron chi connectivity index (χ0n) is 12.4. The zero-order valence-corrected chi connectivity index (χ0v) is 12.4. The number of hydrogen-bond donors (Lipinski definition) is 2. The fourth-order valence-corrected chi connectivity index (χ4v) is 2.28. The summed E-state index contributed by atoms with van der Waals surface area (Å²) in [7, 11) is 1.69. The number of carboxylic acid groups (broad SMARTS) is 1. The second kappa shape index (κ2) is 5.72. The van der Waals surface area contributed by atoms with Gasteiger partial charge in [0.15, 0.2) is 6.04 Å². The van der Waals surface area contributed by atoms with Crippen LogP contribution in [-0.2, 0) is 16.6 Å². The number of aryl methyl sites for hydroxylation is 1. The lowest BCUT2D eigenvalue weighted by Gasteiger charge is -2.38. The second-order valence-electron chi connectivity index (χ2n) is 5.70. The molecule has 0 spiro atoms. The molecule has 0 radical (unpaired) electrons. The third-order valence-electron chi connectivity index (χ3n) is 3.29. The molecule has 1 aromatic heterocycles. The lowest BCUT2D eigenvalue weighted by atomic mass is 10.1. The Morgan fingerprint density at radius 1 is 1.52 bits per heavy atom. The van der Waals surface area contributed by atoms with Crippen LogP contribution < -0.4 is 5.32 Å². The van der Waals surface area contributed by atoms with Gasteiger partial charge >= 0.3 is 12.0 Å². The van der Waals surface area contributed by atoms with Crippen molar-refractivity contribution in [2.24, 2.45) is 7.05 Å². The number of carboxylic acids is 1. The van der Waals surface area contributed by atoms with Crippen molar-refractivity contribution >= 4 is 12.0 Å². The molecule has 1 saturated heterocycles. The second-order valence-corrected chi connectivity index (χ2v) is 5.70. The normalized spacial score (nSPS) is 19.1. The summed E-state index contributed by atoms with van der Waals surface area (Å²) in [5, 5.41) is 15.8. The number of rotatable bonds is 3. The molecule has 2 heterocycles. The van der Waals surface area contributed by atoms with Gasteiger partial charge in [0.1, 0.15) is 0 Å². The van der Waals surface area contributed by atoms with Crippen LogP contribution in [0.15, 0.2) is 12.4 Å². The molecule has 1 aromatic rings. The van der Waals surface area contributed by atoms with Gasteiger partial charge in [-0.25, -0.2) is 9.59 Å². The smallest absolute Gasteiger partial charge is 0.331 e. The Bertz CT molecular complexity index is 540. The van der Waals surface area contributed by atoms with E-state index in [1.54, 1.807) is 18.1 Å². The van der Waals surface area contributed by atoms with E-state index in [1.807, 2.05) is 13.8 Å². The molecule has 0 aromatic carbocycles. The highest BCUT2D eigenvalue weighted by atomic mass is 16.5. The minimum absolute atomic E-state index is 0.414. The van der Waals surface area contributed by atoms with Gasteiger partial charge in [-0.3, -0.25) is 4.68 Å². The number of aliphatic carboxylic acids is 1. The number of nitrogens with one attached hydrogen (secondary N) is 1. The van der Waals surface area contributed by atoms with Crippen molar-refractivity contribution in [1.29, 1.82) is 0 Å². The van der Waals surface area contributed by atoms with E-state index in [2.05, 4.69) is 10.4 Å². The van der Waals surface area contributed by atoms with Gasteiger partial charge in [-0.2, -0.15) is 5.10 Å². The van der Waals surface area contributed by atoms with Crippen LogP contribution in [0.3, 0.4) is 0 Å². The van der Waals surface area contributed by atoms with Gasteiger partial charge in [0, 0.05) is 25.4 Å². The standard InChI is InChI=1S/C13H20N4O4/c1-13(2)8-17(4-5-21-13)12(20)15-10(11(18)19)9-6-14-16(3)7-9/h6-7,10H,4-5,8H2,1-3H3,(H,15,20)(H,18,19). The Morgan fingerprint density at radius 2 is 2.24 bits per heavy atom. The summed E-state index contributed by atoms with van der Waals surface area (Å²) >= 11 is 0. The molecule has 1 atom stereocenters. The summed E-state index contributed by atoms with van der Waals surface area (Å²) < 4.78 is 7.03. The van der Waals surface area contributed by atoms with Crippen molar-refractivity contribution in [2.75, 3.05) is 19.7 Å². The fraction of sp³-hybridized carbons (Fsp3) is 0.615. The maximum atomic E-state index is 12.2. The largest absolute Gasteiger partial charge is 0.479 e. The van der Waals surface area contributed by atoms with E-state index < -0.39 is 23.6 Å². The Kier molecular flexibility index (Phi) is 4.17. The molecule has 21 heavy (non-hydrogen) atoms. The zero-order chi connectivity index (χ0) is 15.6. The summed E-state index contributed by atoms with van der Waals surface area (Å²) in [6, 6.07) is -1.53. The summed E-state index contributed by atoms with van der Waals surface area (Å²) in [5.41, 5.74) is 0.00803. The van der Waals surface area contributed by atoms with Gasteiger partial charge in [0.05, 0.1) is 24.9 Å². The molecule has 2 amide bonds. The number of ether oxygens (including phenoxy) is 1. The minimum atomic E-state index is -1.12. The third-order valence-corrected chi connectivity index (χ3v) is 3.29. The van der Waals surface area contributed by atoms with Crippen LogP contribution >= 0.6 is 0 Å². The van der Waals surface area contributed by atoms with Crippen molar-refractivity contribution in [3.8, 4) is 0 Å². The molecule has 1 aliphatic heterocycles. The first kappa shape index (κ1) is 15.3. The summed E-state index contributed by atoms with van der Waals surface area (Å²) in [4.78, 5) is 25.2. The van der Waals surface area contributed by atoms with Crippen molar-refractivity contribution in [3.63, 3.8) is 0 Å². The molecular weight excluding hydrogens is 276 g/mol. The van der Waals surface area contributed by atoms with Gasteiger partial charge in [-0.1, -0.05) is 0 Å². The highest BCUT2D eigenvalue weighted by Gasteiger charge is 2.32. The first-order valence-electron chi connectivity index (χ1n) is 6.69. The molecule has 8 heteroatoms. The SMILES string of the molecule is Cn1cc(C(NC(=O)N2CCOC(C)(C)C2)C(=O)O)cn1. The molecule has 0 bridgehead atoms. The van der Waals surface area contributed by atoms with Gasteiger partial charge in [0.25, 0.3) is 0 Å². The molecule has 116 valence electrons. The number of morpholine rings is 1. The Morgan fingerprint density at radius 3 is 2.76 bits per heavy atom. The van der Waals surface area contributed by atoms with Crippen LogP contribution in [0.4, 0.5) is 4.79 Å². The number of urea groups is 1. The van der Waals surface area contributed by atoms with Crippen LogP contribution in [0.2, 0.25) is 0 Å². The minimum Gasteiger partial charge on any atom is -0.479 e. The average molecular weight is 296 g/mol. The first-order chi connectivity index (χ1) is 9.78. The predicted molar refractivity (Wildman–Crippen MR) is 73.7 cm³/mol. The van der Waals surface area contributed by atoms with E-state index in [1.165, 1.54) is 10.9 Å². The van der Waals surface area contributed by atoms with Crippen LogP contribution in [-0.4, -0.2) is 57.1 Å². The lowest BCUT2D eigenvalue weighted by Crippen LogP contribution is -2.54. The number of nitrogens with zero attached hydrogens (tertiary/aromatic N) is 3. The van der Waals surface area contributed by atoms with E-state index in [0.29, 0.717) is 25.3 Å². The van der Waals surface area contributed by atoms with E-state index in [-0.39, 0.29) is 0 Å². The van der Waals surface area contributed by atoms with E-state index in [0.717, 1.165) is 0 Å². The number of carbonyl (C=O) groups is 2. The maximum Gasteiger partial charge on any atom is 0.331 e. The van der Waals surface area contributed by atoms with Crippen LogP contribution in [0, 0.1) is 0 Å². The summed E-state index contributed by atoms with van der Waals surface area (Å²) in [6.07, 6.45) is 3.00. The predicted octanol–water partition coefficient (Wildman–Crippen LogP) is 0.366. The Balaban J connectivity index is 2.07. The van der Waals surface area contributed by atoms with Crippen molar-refractivity contribution in [2.45, 2.75) is 25.5 Å². The molecule has 0 saturated carbocycles. The van der Waals surface area contributed by atoms with Crippen LogP contribution in [0.25, 0.3) is 0 Å². The third kappa shape index (κ3) is 3.72. The van der Waals surface area contributed by atoms with Gasteiger partial charge in [0.2, 0.25) is 0 Å². The quantitative estimate of drug-likeness (QED) is 0.840. The van der Waals surface area contributed by atoms with Gasteiger partial charge < -0.3 is 20.1 Å². The van der Waals surface area contributed by atoms with E-state index >= 15 is 0 Å². The maximum absolute atomic E-state index is 12.2. The monoisotopic (exact) mass is 296 g/mol. The average Bonchev–Trinajstić information content (AvgIpc) is 2.80. The summed E-state index contributed by atoms with van der Waals surface area (Å²) in [6.45, 7) is 5.07. The number of hydrogen-bond acceptors (Lipinski definition) is 4. The first-order valence-corrected chi connectivity index (χ1v) is 6.69. The number of aromatic nitrogens is 2. The molecule has 0 aliphatic carbocycles. The van der Waals surface area contributed by atoms with Crippen molar-refractivity contribution in [1.82, 2.24) is 20.0 Å². The van der Waals surface area contributed by atoms with Gasteiger partial charge in [-0.15, -0.1) is 0 Å². The molecule has 1 fully saturated rings. The Hall–Kier alpha value is -2.09. The van der Waals surface area contributed by atoms with Crippen molar-refractivity contribution in [3.05, 3.63) is 18.0 Å². The van der Waals surface area contributed by atoms with E-state index in [9.17, 15) is 14.7 Å². The van der Waals surface area contributed by atoms with Crippen LogP contribution in [0.1, 0.15) is 25.5 Å². The summed E-state index contributed by atoms with van der Waals surface area (Å²) in [5.74, 6) is -1.12. The molecule has 1 unspecified atom stereocenters. The fourth-order valence-electron chi connectivity index (χ4n) is 2.28. The Labute approximate surface area is 122 Å². The molecular formula is C13H20N4O4. The highest BCUT2D eigenvalue weighted by Crippen LogP contribution is 2.18. The van der Waals surface area contributed by atoms with Crippen molar-refractivity contribution < 1.29 is 19.4 Å². The van der Waals surface area contributed by atoms with Crippen LogP contribution in [0.5, 0.6) is 0 Å². The van der Waals surface area contributed by atoms with E-state index in [4.69, 9.17) is 4.74 Å². The molecule has 8 nitrogen and oxygen atoms in total. The van der Waals surface area contributed by atoms with Gasteiger partial charge in [-0.05, 0) is 13.8 Å². The lowest BCUT2D eigenvalue weighted by molar-refractivity contribution is -0.139. The highest BCUT2D eigenvalue weighted by molar-refractivity contribution is 5.83. The topological polar surface area (TPSA) is 96.7 Å². The molecule has 1 aliphatic rings. The molecule has 2 rings (SSSR count).